The van der Waals surface area contributed by atoms with E-state index in [9.17, 15) is 9.59 Å². The number of halogens is 1. The summed E-state index contributed by atoms with van der Waals surface area (Å²) in [5.74, 6) is 0.543. The topological polar surface area (TPSA) is 143 Å². The zero-order valence-corrected chi connectivity index (χ0v) is 28.4. The first-order valence-corrected chi connectivity index (χ1v) is 15.8. The first-order chi connectivity index (χ1) is 22.2. The van der Waals surface area contributed by atoms with Gasteiger partial charge in [-0.1, -0.05) is 30.3 Å². The highest BCUT2D eigenvalue weighted by atomic mass is 127. The number of para-hydroxylation sites is 1. The molecule has 13 heteroatoms. The molecule has 1 atom stereocenters. The number of ether oxygens (including phenoxy) is 4. The Morgan fingerprint density at radius 3 is 2.54 bits per heavy atom. The fourth-order valence-corrected chi connectivity index (χ4v) is 5.56. The second-order valence-electron chi connectivity index (χ2n) is 9.77. The van der Waals surface area contributed by atoms with Gasteiger partial charge in [0.25, 0.3) is 5.91 Å². The maximum Gasteiger partial charge on any atom is 0.338 e. The molecule has 0 bridgehead atoms. The lowest BCUT2D eigenvalue weighted by Gasteiger charge is -2.30. The van der Waals surface area contributed by atoms with E-state index in [1.54, 1.807) is 56.3 Å². The van der Waals surface area contributed by atoms with Gasteiger partial charge in [-0.15, -0.1) is 0 Å². The van der Waals surface area contributed by atoms with Crippen LogP contribution in [0.2, 0.25) is 0 Å². The Labute approximate surface area is 286 Å². The summed E-state index contributed by atoms with van der Waals surface area (Å²) < 4.78 is 23.8. The quantitative estimate of drug-likeness (QED) is 0.0716. The van der Waals surface area contributed by atoms with Crippen molar-refractivity contribution >= 4 is 58.0 Å². The largest absolute Gasteiger partial charge is 0.490 e. The van der Waals surface area contributed by atoms with Crippen LogP contribution in [0.25, 0.3) is 0 Å². The van der Waals surface area contributed by atoms with Crippen molar-refractivity contribution in [2.24, 2.45) is 5.10 Å². The molecule has 0 radical (unpaired) electrons. The number of nitrogens with one attached hydrogen (secondary N) is 3. The van der Waals surface area contributed by atoms with Gasteiger partial charge in [-0.3, -0.25) is 4.79 Å². The van der Waals surface area contributed by atoms with E-state index < -0.39 is 17.9 Å². The SMILES string of the molecule is CCOC(=O)C1=C(C)NC(=S)N[C@@H]1c1ccccc1OCC(=O)NN=Cc1cc(I)c(OCc2ccc(C#N)cc2)c(OCC)c1. The molecule has 0 spiro atoms. The van der Waals surface area contributed by atoms with Gasteiger partial charge in [0.1, 0.15) is 12.4 Å². The number of amides is 1. The fourth-order valence-electron chi connectivity index (χ4n) is 4.51. The van der Waals surface area contributed by atoms with E-state index in [0.29, 0.717) is 63.5 Å². The number of hydrogen-bond donors (Lipinski definition) is 3. The number of allylic oxidation sites excluding steroid dienone is 1. The van der Waals surface area contributed by atoms with Crippen molar-refractivity contribution in [3.63, 3.8) is 0 Å². The number of rotatable bonds is 13. The molecule has 1 amide bonds. The monoisotopic (exact) mass is 753 g/mol. The van der Waals surface area contributed by atoms with Crippen molar-refractivity contribution in [3.05, 3.63) is 97.8 Å². The molecule has 4 rings (SSSR count). The van der Waals surface area contributed by atoms with E-state index in [0.717, 1.165) is 9.13 Å². The number of esters is 1. The molecule has 0 saturated heterocycles. The van der Waals surface area contributed by atoms with Crippen LogP contribution in [-0.2, 0) is 20.9 Å². The average Bonchev–Trinajstić information content (AvgIpc) is 3.03. The Balaban J connectivity index is 1.40. The summed E-state index contributed by atoms with van der Waals surface area (Å²) in [4.78, 5) is 25.4. The average molecular weight is 754 g/mol. The fraction of sp³-hybridized carbons (Fsp3) is 0.242. The standard InChI is InChI=1S/C33H32IN5O6S/c1-4-42-27-15-23(14-25(34)31(27)45-18-22-12-10-21(16-35)11-13-22)17-36-39-28(40)19-44-26-9-7-6-8-24(26)30-29(32(41)43-5-2)20(3)37-33(46)38-30/h6-15,17,30H,4-5,18-19H2,1-3H3,(H,39,40)(H2,37,38,46)/t30-/m1/s1. The minimum Gasteiger partial charge on any atom is -0.490 e. The number of thiocarbonyl (C=S) groups is 1. The van der Waals surface area contributed by atoms with Crippen LogP contribution in [-0.4, -0.2) is 43.0 Å². The molecule has 0 aliphatic carbocycles. The molecular formula is C33H32IN5O6S. The summed E-state index contributed by atoms with van der Waals surface area (Å²) in [6, 6.07) is 19.3. The summed E-state index contributed by atoms with van der Waals surface area (Å²) in [5.41, 5.74) is 6.21. The third-order valence-corrected chi connectivity index (χ3v) is 7.58. The third kappa shape index (κ3) is 8.95. The van der Waals surface area contributed by atoms with Gasteiger partial charge in [0.15, 0.2) is 23.2 Å². The van der Waals surface area contributed by atoms with Crippen LogP contribution >= 0.6 is 34.8 Å². The highest BCUT2D eigenvalue weighted by Crippen LogP contribution is 2.35. The Kier molecular flexibility index (Phi) is 12.3. The molecule has 46 heavy (non-hydrogen) atoms. The van der Waals surface area contributed by atoms with Crippen molar-refractivity contribution in [1.82, 2.24) is 16.1 Å². The molecule has 3 aromatic rings. The second-order valence-corrected chi connectivity index (χ2v) is 11.3. The van der Waals surface area contributed by atoms with E-state index in [1.807, 2.05) is 25.1 Å². The highest BCUT2D eigenvalue weighted by Gasteiger charge is 2.32. The molecule has 0 unspecified atom stereocenters. The maximum absolute atomic E-state index is 12.8. The summed E-state index contributed by atoms with van der Waals surface area (Å²) in [7, 11) is 0. The van der Waals surface area contributed by atoms with Crippen LogP contribution in [0.4, 0.5) is 0 Å². The number of carbonyl (C=O) groups is 2. The number of hydrazone groups is 1. The Bertz CT molecular complexity index is 1700. The third-order valence-electron chi connectivity index (χ3n) is 6.55. The van der Waals surface area contributed by atoms with Gasteiger partial charge < -0.3 is 29.6 Å². The molecule has 0 fully saturated rings. The minimum absolute atomic E-state index is 0.218. The van der Waals surface area contributed by atoms with Crippen molar-refractivity contribution in [1.29, 1.82) is 5.26 Å². The van der Waals surface area contributed by atoms with E-state index in [2.05, 4.69) is 49.8 Å². The number of nitrogens with zero attached hydrogens (tertiary/aromatic N) is 2. The molecule has 0 aromatic heterocycles. The summed E-state index contributed by atoms with van der Waals surface area (Å²) >= 11 is 7.48. The van der Waals surface area contributed by atoms with Crippen LogP contribution in [0.1, 0.15) is 49.1 Å². The molecule has 238 valence electrons. The lowest BCUT2D eigenvalue weighted by molar-refractivity contribution is -0.139. The van der Waals surface area contributed by atoms with Crippen molar-refractivity contribution < 1.29 is 28.5 Å². The zero-order chi connectivity index (χ0) is 33.1. The van der Waals surface area contributed by atoms with Gasteiger partial charge in [0.2, 0.25) is 0 Å². The van der Waals surface area contributed by atoms with Crippen molar-refractivity contribution in [3.8, 4) is 23.3 Å². The first kappa shape index (κ1) is 34.2. The molecule has 3 aromatic carbocycles. The van der Waals surface area contributed by atoms with Crippen LogP contribution in [0.3, 0.4) is 0 Å². The van der Waals surface area contributed by atoms with Gasteiger partial charge in [-0.05, 0) is 97.0 Å². The smallest absolute Gasteiger partial charge is 0.338 e. The minimum atomic E-state index is -0.636. The van der Waals surface area contributed by atoms with Crippen LogP contribution in [0.5, 0.6) is 17.2 Å². The van der Waals surface area contributed by atoms with Gasteiger partial charge >= 0.3 is 5.97 Å². The maximum atomic E-state index is 12.8. The van der Waals surface area contributed by atoms with Gasteiger partial charge in [0, 0.05) is 11.3 Å². The van der Waals surface area contributed by atoms with E-state index in [4.69, 9.17) is 36.4 Å². The molecular weight excluding hydrogens is 721 g/mol. The number of nitriles is 1. The zero-order valence-electron chi connectivity index (χ0n) is 25.4. The van der Waals surface area contributed by atoms with E-state index in [1.165, 1.54) is 6.21 Å². The molecule has 1 heterocycles. The van der Waals surface area contributed by atoms with E-state index in [-0.39, 0.29) is 13.2 Å². The highest BCUT2D eigenvalue weighted by molar-refractivity contribution is 14.1. The Hall–Kier alpha value is -4.68. The normalized spacial score (nSPS) is 14.2. The van der Waals surface area contributed by atoms with Crippen LogP contribution in [0, 0.1) is 14.9 Å². The number of hydrogen-bond acceptors (Lipinski definition) is 9. The molecule has 3 N–H and O–H groups in total. The molecule has 11 nitrogen and oxygen atoms in total. The number of benzene rings is 3. The van der Waals surface area contributed by atoms with E-state index >= 15 is 0 Å². The van der Waals surface area contributed by atoms with Gasteiger partial charge in [-0.2, -0.15) is 10.4 Å². The first-order valence-electron chi connectivity index (χ1n) is 14.3. The molecule has 1 aliphatic heterocycles. The van der Waals surface area contributed by atoms with Crippen LogP contribution in [0.15, 0.2) is 77.0 Å². The second kappa shape index (κ2) is 16.6. The molecule has 1 aliphatic rings. The van der Waals surface area contributed by atoms with Gasteiger partial charge in [-0.25, -0.2) is 10.2 Å². The lowest BCUT2D eigenvalue weighted by Crippen LogP contribution is -2.45. The summed E-state index contributed by atoms with van der Waals surface area (Å²) in [6.07, 6.45) is 1.50. The predicted octanol–water partition coefficient (Wildman–Crippen LogP) is 5.03. The Morgan fingerprint density at radius 2 is 1.83 bits per heavy atom. The number of carbonyl (C=O) groups excluding carboxylic acids is 2. The summed E-state index contributed by atoms with van der Waals surface area (Å²) in [5, 5.41) is 19.5. The summed E-state index contributed by atoms with van der Waals surface area (Å²) in [6.45, 7) is 5.97. The van der Waals surface area contributed by atoms with Crippen molar-refractivity contribution in [2.75, 3.05) is 19.8 Å². The molecule has 0 saturated carbocycles. The predicted molar refractivity (Wildman–Crippen MR) is 184 cm³/mol. The van der Waals surface area contributed by atoms with Crippen molar-refractivity contribution in [2.45, 2.75) is 33.4 Å². The lowest BCUT2D eigenvalue weighted by atomic mass is 9.95. The van der Waals surface area contributed by atoms with Crippen LogP contribution < -0.4 is 30.3 Å². The van der Waals surface area contributed by atoms with Gasteiger partial charge in [0.05, 0.1) is 46.2 Å². The Morgan fingerprint density at radius 1 is 1.07 bits per heavy atom.